The van der Waals surface area contributed by atoms with Crippen LogP contribution in [0, 0.1) is 12.3 Å². The average molecular weight is 401 g/mol. The Hall–Kier alpha value is -1.79. The SMILES string of the molecule is CSC(C)(C(=O)N1CCNCC1c1ncc(-c2ccc(C)cc2)[nH]1)C(C)(C)C. The van der Waals surface area contributed by atoms with E-state index in [0.29, 0.717) is 13.1 Å². The summed E-state index contributed by atoms with van der Waals surface area (Å²) in [5.41, 5.74) is 3.18. The van der Waals surface area contributed by atoms with Crippen LogP contribution < -0.4 is 5.32 Å². The third-order valence-corrected chi connectivity index (χ3v) is 7.63. The van der Waals surface area contributed by atoms with E-state index < -0.39 is 4.75 Å². The topological polar surface area (TPSA) is 61.0 Å². The standard InChI is InChI=1S/C22H32N4OS/c1-15-7-9-16(10-8-15)17-13-24-19(25-17)18-14-23-11-12-26(18)20(27)22(5,28-6)21(2,3)4/h7-10,13,18,23H,11-12,14H2,1-6H3,(H,24,25). The number of nitrogens with one attached hydrogen (secondary N) is 2. The molecule has 1 aliphatic heterocycles. The van der Waals surface area contributed by atoms with Crippen LogP contribution in [0.2, 0.25) is 0 Å². The molecule has 2 atom stereocenters. The number of aromatic amines is 1. The molecule has 0 aliphatic carbocycles. The van der Waals surface area contributed by atoms with Crippen LogP contribution in [0.3, 0.4) is 0 Å². The first-order valence-electron chi connectivity index (χ1n) is 9.86. The number of benzene rings is 1. The fraction of sp³-hybridized carbons (Fsp3) is 0.545. The van der Waals surface area contributed by atoms with Crippen LogP contribution in [0.5, 0.6) is 0 Å². The first kappa shape index (κ1) is 20.9. The van der Waals surface area contributed by atoms with Gasteiger partial charge in [0, 0.05) is 19.6 Å². The summed E-state index contributed by atoms with van der Waals surface area (Å²) in [4.78, 5) is 23.7. The van der Waals surface area contributed by atoms with Gasteiger partial charge in [-0.15, -0.1) is 11.8 Å². The van der Waals surface area contributed by atoms with Gasteiger partial charge < -0.3 is 15.2 Å². The van der Waals surface area contributed by atoms with Crippen molar-refractivity contribution in [3.05, 3.63) is 41.9 Å². The minimum absolute atomic E-state index is 0.0886. The summed E-state index contributed by atoms with van der Waals surface area (Å²) < 4.78 is -0.491. The van der Waals surface area contributed by atoms with Gasteiger partial charge in [0.25, 0.3) is 0 Å². The summed E-state index contributed by atoms with van der Waals surface area (Å²) in [5.74, 6) is 1.03. The Morgan fingerprint density at radius 2 is 1.89 bits per heavy atom. The molecule has 2 unspecified atom stereocenters. The highest BCUT2D eigenvalue weighted by molar-refractivity contribution is 8.00. The van der Waals surface area contributed by atoms with Gasteiger partial charge in [0.1, 0.15) is 11.9 Å². The van der Waals surface area contributed by atoms with Crippen LogP contribution in [0.25, 0.3) is 11.3 Å². The maximum Gasteiger partial charge on any atom is 0.239 e. The van der Waals surface area contributed by atoms with Crippen LogP contribution in [-0.2, 0) is 4.79 Å². The van der Waals surface area contributed by atoms with Crippen molar-refractivity contribution < 1.29 is 4.79 Å². The molecule has 1 aromatic carbocycles. The highest BCUT2D eigenvalue weighted by Crippen LogP contribution is 2.43. The summed E-state index contributed by atoms with van der Waals surface area (Å²) in [7, 11) is 0. The monoisotopic (exact) mass is 400 g/mol. The zero-order valence-corrected chi connectivity index (χ0v) is 18.6. The maximum atomic E-state index is 13.6. The molecule has 0 spiro atoms. The molecule has 1 fully saturated rings. The molecule has 28 heavy (non-hydrogen) atoms. The van der Waals surface area contributed by atoms with E-state index in [-0.39, 0.29) is 17.4 Å². The van der Waals surface area contributed by atoms with Gasteiger partial charge in [0.15, 0.2) is 0 Å². The lowest BCUT2D eigenvalue weighted by Gasteiger charge is -2.45. The highest BCUT2D eigenvalue weighted by atomic mass is 32.2. The van der Waals surface area contributed by atoms with E-state index in [1.165, 1.54) is 5.56 Å². The number of aromatic nitrogens is 2. The number of nitrogens with zero attached hydrogens (tertiary/aromatic N) is 2. The van der Waals surface area contributed by atoms with E-state index in [4.69, 9.17) is 0 Å². The number of H-pyrrole nitrogens is 1. The molecule has 152 valence electrons. The first-order chi connectivity index (χ1) is 13.2. The average Bonchev–Trinajstić information content (AvgIpc) is 3.16. The van der Waals surface area contributed by atoms with Gasteiger partial charge in [-0.25, -0.2) is 4.98 Å². The molecule has 1 aromatic heterocycles. The minimum atomic E-state index is -0.491. The van der Waals surface area contributed by atoms with Gasteiger partial charge in [-0.2, -0.15) is 0 Å². The molecule has 1 aliphatic rings. The van der Waals surface area contributed by atoms with E-state index in [9.17, 15) is 4.79 Å². The number of carbonyl (C=O) groups is 1. The number of hydrogen-bond acceptors (Lipinski definition) is 4. The van der Waals surface area contributed by atoms with Crippen molar-refractivity contribution >= 4 is 17.7 Å². The van der Waals surface area contributed by atoms with Crippen molar-refractivity contribution in [3.8, 4) is 11.3 Å². The molecule has 1 saturated heterocycles. The van der Waals surface area contributed by atoms with E-state index in [2.05, 4.69) is 74.2 Å². The minimum Gasteiger partial charge on any atom is -0.340 e. The fourth-order valence-corrected chi connectivity index (χ4v) is 4.47. The van der Waals surface area contributed by atoms with E-state index >= 15 is 0 Å². The Morgan fingerprint density at radius 3 is 2.50 bits per heavy atom. The molecule has 0 radical (unpaired) electrons. The van der Waals surface area contributed by atoms with E-state index in [1.807, 2.05) is 17.4 Å². The molecule has 2 heterocycles. The highest BCUT2D eigenvalue weighted by Gasteiger charge is 2.48. The van der Waals surface area contributed by atoms with Gasteiger partial charge in [-0.05, 0) is 31.1 Å². The number of piperazine rings is 1. The van der Waals surface area contributed by atoms with Crippen LogP contribution in [0.1, 0.15) is 45.1 Å². The second-order valence-corrected chi connectivity index (χ2v) is 9.98. The second kappa shape index (κ2) is 7.91. The van der Waals surface area contributed by atoms with Gasteiger partial charge in [-0.3, -0.25) is 4.79 Å². The third-order valence-electron chi connectivity index (χ3n) is 6.03. The molecule has 2 aromatic rings. The summed E-state index contributed by atoms with van der Waals surface area (Å²) in [5, 5.41) is 3.42. The second-order valence-electron chi connectivity index (χ2n) is 8.75. The van der Waals surface area contributed by atoms with Gasteiger partial charge in [0.05, 0.1) is 16.6 Å². The van der Waals surface area contributed by atoms with Crippen molar-refractivity contribution in [3.63, 3.8) is 0 Å². The zero-order chi connectivity index (χ0) is 20.5. The Morgan fingerprint density at radius 1 is 1.21 bits per heavy atom. The number of carbonyl (C=O) groups excluding carboxylic acids is 1. The van der Waals surface area contributed by atoms with Gasteiger partial charge in [-0.1, -0.05) is 50.6 Å². The maximum absolute atomic E-state index is 13.6. The smallest absolute Gasteiger partial charge is 0.239 e. The molecule has 0 saturated carbocycles. The molecule has 2 N–H and O–H groups in total. The van der Waals surface area contributed by atoms with E-state index in [0.717, 1.165) is 23.6 Å². The van der Waals surface area contributed by atoms with Crippen LogP contribution in [0.15, 0.2) is 30.5 Å². The summed E-state index contributed by atoms with van der Waals surface area (Å²) in [6.07, 6.45) is 3.90. The molecule has 6 heteroatoms. The zero-order valence-electron chi connectivity index (χ0n) is 17.8. The number of rotatable bonds is 4. The molecule has 1 amide bonds. The van der Waals surface area contributed by atoms with Crippen molar-refractivity contribution in [1.29, 1.82) is 0 Å². The Kier molecular flexibility index (Phi) is 5.92. The Bertz CT molecular complexity index is 824. The van der Waals surface area contributed by atoms with Crippen LogP contribution in [-0.4, -0.2) is 51.4 Å². The summed E-state index contributed by atoms with van der Waals surface area (Å²) >= 11 is 1.64. The van der Waals surface area contributed by atoms with E-state index in [1.54, 1.807) is 11.8 Å². The third kappa shape index (κ3) is 3.85. The van der Waals surface area contributed by atoms with Gasteiger partial charge in [0.2, 0.25) is 5.91 Å². The van der Waals surface area contributed by atoms with Crippen LogP contribution >= 0.6 is 11.8 Å². The van der Waals surface area contributed by atoms with Gasteiger partial charge >= 0.3 is 0 Å². The van der Waals surface area contributed by atoms with Crippen molar-refractivity contribution in [1.82, 2.24) is 20.2 Å². The molecular weight excluding hydrogens is 368 g/mol. The molecular formula is C22H32N4OS. The lowest BCUT2D eigenvalue weighted by atomic mass is 9.79. The van der Waals surface area contributed by atoms with Crippen molar-refractivity contribution in [2.45, 2.75) is 45.4 Å². The predicted molar refractivity (Wildman–Crippen MR) is 117 cm³/mol. The summed E-state index contributed by atoms with van der Waals surface area (Å²) in [6.45, 7) is 12.8. The number of amides is 1. The largest absolute Gasteiger partial charge is 0.340 e. The quantitative estimate of drug-likeness (QED) is 0.814. The number of imidazole rings is 1. The number of aryl methyl sites for hydroxylation is 1. The molecule has 5 nitrogen and oxygen atoms in total. The normalized spacial score (nSPS) is 20.1. The fourth-order valence-electron chi connectivity index (χ4n) is 3.57. The Labute approximate surface area is 172 Å². The predicted octanol–water partition coefficient (Wildman–Crippen LogP) is 4.03. The van der Waals surface area contributed by atoms with Crippen molar-refractivity contribution in [2.24, 2.45) is 5.41 Å². The summed E-state index contributed by atoms with van der Waals surface area (Å²) in [6, 6.07) is 8.30. The molecule has 3 rings (SSSR count). The molecule has 0 bridgehead atoms. The van der Waals surface area contributed by atoms with Crippen LogP contribution in [0.4, 0.5) is 0 Å². The lowest BCUT2D eigenvalue weighted by Crippen LogP contribution is -2.58. The first-order valence-corrected chi connectivity index (χ1v) is 11.1. The lowest BCUT2D eigenvalue weighted by molar-refractivity contribution is -0.139. The Balaban J connectivity index is 1.90. The number of hydrogen-bond donors (Lipinski definition) is 2. The van der Waals surface area contributed by atoms with Crippen molar-refractivity contribution in [2.75, 3.05) is 25.9 Å². The number of thioether (sulfide) groups is 1.